The van der Waals surface area contributed by atoms with Gasteiger partial charge >= 0.3 is 6.18 Å². The number of carbonyl (C=O) groups excluding carboxylic acids is 1. The predicted molar refractivity (Wildman–Crippen MR) is 121 cm³/mol. The lowest BCUT2D eigenvalue weighted by Crippen LogP contribution is -2.49. The van der Waals surface area contributed by atoms with Gasteiger partial charge in [0.25, 0.3) is 0 Å². The van der Waals surface area contributed by atoms with Crippen LogP contribution in [0.25, 0.3) is 11.1 Å². The minimum atomic E-state index is -4.66. The third kappa shape index (κ3) is 6.58. The minimum absolute atomic E-state index is 0.0527. The Morgan fingerprint density at radius 2 is 1.62 bits per heavy atom. The van der Waals surface area contributed by atoms with E-state index in [-0.39, 0.29) is 28.8 Å². The van der Waals surface area contributed by atoms with Crippen molar-refractivity contribution in [2.45, 2.75) is 49.3 Å². The maximum absolute atomic E-state index is 14.0. The Hall–Kier alpha value is -2.90. The van der Waals surface area contributed by atoms with Gasteiger partial charge in [0.15, 0.2) is 9.84 Å². The van der Waals surface area contributed by atoms with Crippen LogP contribution >= 0.6 is 0 Å². The third-order valence-electron chi connectivity index (χ3n) is 6.01. The molecule has 0 aliphatic heterocycles. The minimum Gasteiger partial charge on any atom is -0.342 e. The normalized spacial score (nSPS) is 16.8. The van der Waals surface area contributed by atoms with Crippen molar-refractivity contribution < 1.29 is 26.4 Å². The number of halogens is 3. The lowest BCUT2D eigenvalue weighted by Gasteiger charge is -2.29. The van der Waals surface area contributed by atoms with Crippen LogP contribution in [0.4, 0.5) is 13.2 Å². The summed E-state index contributed by atoms with van der Waals surface area (Å²) in [6, 6.07) is 10.4. The molecule has 0 radical (unpaired) electrons. The van der Waals surface area contributed by atoms with Crippen molar-refractivity contribution in [2.75, 3.05) is 12.8 Å². The van der Waals surface area contributed by atoms with Gasteiger partial charge in [-0.25, -0.2) is 8.42 Å². The van der Waals surface area contributed by atoms with E-state index in [2.05, 4.69) is 10.6 Å². The van der Waals surface area contributed by atoms with E-state index in [9.17, 15) is 26.4 Å². The molecular formula is C24H26F3N3O3S. The lowest BCUT2D eigenvalue weighted by atomic mass is 9.95. The molecule has 0 heterocycles. The Kier molecular flexibility index (Phi) is 7.38. The Bertz CT molecular complexity index is 1170. The Morgan fingerprint density at radius 3 is 2.06 bits per heavy atom. The highest BCUT2D eigenvalue weighted by atomic mass is 32.2. The SMILES string of the molecule is CC1(C[C@H](NC(c2ccc(-c3ccc(S(C)(=O)=O)cc3)cc2)C(F)(F)F)C(=O)NCC#N)CC1. The fourth-order valence-corrected chi connectivity index (χ4v) is 4.36. The van der Waals surface area contributed by atoms with Crippen LogP contribution < -0.4 is 10.6 Å². The number of hydrogen-bond donors (Lipinski definition) is 2. The number of benzene rings is 2. The largest absolute Gasteiger partial charge is 0.407 e. The number of rotatable bonds is 9. The van der Waals surface area contributed by atoms with E-state index in [1.54, 1.807) is 18.2 Å². The standard InChI is InChI=1S/C24H26F3N3O3S/c1-23(11-12-23)15-20(22(31)29-14-13-28)30-21(24(25,26)27)18-5-3-16(4-6-18)17-7-9-19(10-8-17)34(2,32)33/h3-10,20-21,30H,11-12,14-15H2,1-2H3,(H,29,31)/t20-,21?/m0/s1. The van der Waals surface area contributed by atoms with Gasteiger partial charge in [0.1, 0.15) is 12.6 Å². The summed E-state index contributed by atoms with van der Waals surface area (Å²) < 4.78 is 65.3. The topological polar surface area (TPSA) is 99.1 Å². The highest BCUT2D eigenvalue weighted by Crippen LogP contribution is 2.49. The summed E-state index contributed by atoms with van der Waals surface area (Å²) in [5, 5.41) is 13.6. The van der Waals surface area contributed by atoms with E-state index in [1.807, 2.05) is 6.92 Å². The average molecular weight is 494 g/mol. The van der Waals surface area contributed by atoms with E-state index in [1.165, 1.54) is 36.4 Å². The highest BCUT2D eigenvalue weighted by Gasteiger charge is 2.46. The molecule has 1 aliphatic rings. The van der Waals surface area contributed by atoms with Crippen LogP contribution in [0.15, 0.2) is 53.4 Å². The quantitative estimate of drug-likeness (QED) is 0.512. The zero-order chi connectivity index (χ0) is 25.1. The summed E-state index contributed by atoms with van der Waals surface area (Å²) >= 11 is 0. The van der Waals surface area contributed by atoms with Crippen molar-refractivity contribution >= 4 is 15.7 Å². The van der Waals surface area contributed by atoms with Gasteiger partial charge in [-0.1, -0.05) is 43.3 Å². The summed E-state index contributed by atoms with van der Waals surface area (Å²) in [6.45, 7) is 1.64. The molecule has 2 aromatic rings. The molecule has 1 saturated carbocycles. The second-order valence-electron chi connectivity index (χ2n) is 9.00. The summed E-state index contributed by atoms with van der Waals surface area (Å²) in [6.07, 6.45) is -1.66. The van der Waals surface area contributed by atoms with Gasteiger partial charge in [-0.2, -0.15) is 18.4 Å². The predicted octanol–water partition coefficient (Wildman–Crippen LogP) is 4.15. The van der Waals surface area contributed by atoms with Crippen molar-refractivity contribution in [3.8, 4) is 17.2 Å². The molecule has 2 N–H and O–H groups in total. The first-order chi connectivity index (χ1) is 15.8. The molecule has 0 aromatic heterocycles. The summed E-state index contributed by atoms with van der Waals surface area (Å²) in [4.78, 5) is 12.7. The van der Waals surface area contributed by atoms with Gasteiger partial charge in [-0.05, 0) is 53.5 Å². The fourth-order valence-electron chi connectivity index (χ4n) is 3.73. The molecular weight excluding hydrogens is 467 g/mol. The number of carbonyl (C=O) groups is 1. The lowest BCUT2D eigenvalue weighted by molar-refractivity contribution is -0.161. The van der Waals surface area contributed by atoms with Crippen LogP contribution in [0.5, 0.6) is 0 Å². The van der Waals surface area contributed by atoms with Crippen molar-refractivity contribution in [3.63, 3.8) is 0 Å². The van der Waals surface area contributed by atoms with Gasteiger partial charge in [0.2, 0.25) is 5.91 Å². The van der Waals surface area contributed by atoms with Crippen molar-refractivity contribution in [1.29, 1.82) is 5.26 Å². The van der Waals surface area contributed by atoms with Crippen LogP contribution in [0.2, 0.25) is 0 Å². The molecule has 182 valence electrons. The van der Waals surface area contributed by atoms with Gasteiger partial charge in [-0.3, -0.25) is 10.1 Å². The van der Waals surface area contributed by atoms with E-state index in [0.29, 0.717) is 11.1 Å². The second kappa shape index (κ2) is 9.76. The smallest absolute Gasteiger partial charge is 0.342 e. The molecule has 1 fully saturated rings. The molecule has 1 aliphatic carbocycles. The van der Waals surface area contributed by atoms with Crippen LogP contribution in [0.3, 0.4) is 0 Å². The summed E-state index contributed by atoms with van der Waals surface area (Å²) in [7, 11) is -3.35. The van der Waals surface area contributed by atoms with Gasteiger partial charge in [-0.15, -0.1) is 0 Å². The van der Waals surface area contributed by atoms with Gasteiger partial charge < -0.3 is 5.32 Å². The summed E-state index contributed by atoms with van der Waals surface area (Å²) in [5.41, 5.74) is 1.03. The second-order valence-corrected chi connectivity index (χ2v) is 11.0. The number of nitriles is 1. The molecule has 2 atom stereocenters. The first-order valence-corrected chi connectivity index (χ1v) is 12.6. The fraction of sp³-hybridized carbons (Fsp3) is 0.417. The molecule has 0 saturated heterocycles. The number of amides is 1. The zero-order valence-electron chi connectivity index (χ0n) is 18.8. The van der Waals surface area contributed by atoms with E-state index in [4.69, 9.17) is 5.26 Å². The molecule has 1 unspecified atom stereocenters. The van der Waals surface area contributed by atoms with Crippen LogP contribution in [-0.2, 0) is 14.6 Å². The number of sulfone groups is 1. The molecule has 34 heavy (non-hydrogen) atoms. The monoisotopic (exact) mass is 493 g/mol. The zero-order valence-corrected chi connectivity index (χ0v) is 19.6. The molecule has 0 bridgehead atoms. The summed E-state index contributed by atoms with van der Waals surface area (Å²) in [5.74, 6) is -0.633. The third-order valence-corrected chi connectivity index (χ3v) is 7.14. The molecule has 1 amide bonds. The average Bonchev–Trinajstić information content (AvgIpc) is 3.50. The van der Waals surface area contributed by atoms with E-state index >= 15 is 0 Å². The number of alkyl halides is 3. The van der Waals surface area contributed by atoms with Crippen molar-refractivity contribution in [1.82, 2.24) is 10.6 Å². The van der Waals surface area contributed by atoms with Crippen LogP contribution in [0.1, 0.15) is 37.8 Å². The van der Waals surface area contributed by atoms with E-state index in [0.717, 1.165) is 19.1 Å². The molecule has 10 heteroatoms. The Labute approximate surface area is 197 Å². The Balaban J connectivity index is 1.84. The van der Waals surface area contributed by atoms with Crippen LogP contribution in [-0.4, -0.2) is 39.3 Å². The molecule has 3 rings (SSSR count). The van der Waals surface area contributed by atoms with Gasteiger partial charge in [0, 0.05) is 6.26 Å². The molecule has 6 nitrogen and oxygen atoms in total. The maximum Gasteiger partial charge on any atom is 0.407 e. The molecule has 2 aromatic carbocycles. The van der Waals surface area contributed by atoms with Crippen molar-refractivity contribution in [2.24, 2.45) is 5.41 Å². The van der Waals surface area contributed by atoms with Gasteiger partial charge in [0.05, 0.1) is 17.0 Å². The first kappa shape index (κ1) is 25.7. The van der Waals surface area contributed by atoms with E-state index < -0.39 is 34.0 Å². The molecule has 0 spiro atoms. The maximum atomic E-state index is 14.0. The number of nitrogens with one attached hydrogen (secondary N) is 2. The van der Waals surface area contributed by atoms with Crippen molar-refractivity contribution in [3.05, 3.63) is 54.1 Å². The first-order valence-electron chi connectivity index (χ1n) is 10.7. The van der Waals surface area contributed by atoms with Crippen LogP contribution in [0, 0.1) is 16.7 Å². The Morgan fingerprint density at radius 1 is 1.09 bits per heavy atom. The number of hydrogen-bond acceptors (Lipinski definition) is 5. The highest BCUT2D eigenvalue weighted by molar-refractivity contribution is 7.90. The number of nitrogens with zero attached hydrogens (tertiary/aromatic N) is 1.